The van der Waals surface area contributed by atoms with Gasteiger partial charge in [0.15, 0.2) is 0 Å². The third-order valence-electron chi connectivity index (χ3n) is 4.10. The second-order valence-corrected chi connectivity index (χ2v) is 6.44. The molecule has 4 nitrogen and oxygen atoms in total. The largest absolute Gasteiger partial charge is 0.369 e. The highest BCUT2D eigenvalue weighted by Crippen LogP contribution is 2.27. The van der Waals surface area contributed by atoms with Crippen LogP contribution in [0.3, 0.4) is 0 Å². The van der Waals surface area contributed by atoms with Crippen LogP contribution in [0.1, 0.15) is 12.8 Å². The molecule has 0 bridgehead atoms. The number of halogens is 2. The predicted octanol–water partition coefficient (Wildman–Crippen LogP) is 2.86. The van der Waals surface area contributed by atoms with Crippen molar-refractivity contribution >= 4 is 32.9 Å². The summed E-state index contributed by atoms with van der Waals surface area (Å²) in [6, 6.07) is 3.20. The highest BCUT2D eigenvalue weighted by Gasteiger charge is 2.20. The number of nitrogens with zero attached hydrogens (tertiary/aromatic N) is 3. The van der Waals surface area contributed by atoms with Gasteiger partial charge in [-0.3, -0.25) is 0 Å². The van der Waals surface area contributed by atoms with Crippen LogP contribution in [0.2, 0.25) is 0 Å². The average Bonchev–Trinajstić information content (AvgIpc) is 2.69. The fourth-order valence-corrected chi connectivity index (χ4v) is 3.16. The van der Waals surface area contributed by atoms with E-state index in [0.717, 1.165) is 43.5 Å². The molecule has 0 radical (unpaired) electrons. The first-order valence-electron chi connectivity index (χ1n) is 6.84. The Labute approximate surface area is 125 Å². The Bertz CT molecular complexity index is 632. The molecular weight excluding hydrogens is 323 g/mol. The Morgan fingerprint density at radius 3 is 2.80 bits per heavy atom. The van der Waals surface area contributed by atoms with E-state index in [-0.39, 0.29) is 5.82 Å². The van der Waals surface area contributed by atoms with E-state index in [1.165, 1.54) is 6.07 Å². The Balaban J connectivity index is 1.91. The van der Waals surface area contributed by atoms with Gasteiger partial charge in [0.1, 0.15) is 5.82 Å². The van der Waals surface area contributed by atoms with E-state index in [9.17, 15) is 4.39 Å². The van der Waals surface area contributed by atoms with Crippen molar-refractivity contribution < 1.29 is 4.39 Å². The minimum atomic E-state index is -0.276. The number of nitrogens with two attached hydrogens (primary N) is 1. The molecule has 1 fully saturated rings. The van der Waals surface area contributed by atoms with Crippen LogP contribution in [-0.4, -0.2) is 34.6 Å². The molecule has 2 aromatic rings. The van der Waals surface area contributed by atoms with Crippen LogP contribution in [-0.2, 0) is 6.54 Å². The van der Waals surface area contributed by atoms with E-state index in [4.69, 9.17) is 5.73 Å². The first kappa shape index (κ1) is 13.8. The molecule has 0 amide bonds. The summed E-state index contributed by atoms with van der Waals surface area (Å²) in [6.45, 7) is 3.03. The Kier molecular flexibility index (Phi) is 3.69. The maximum absolute atomic E-state index is 13.7. The summed E-state index contributed by atoms with van der Waals surface area (Å²) in [6.07, 6.45) is 2.29. The SMILES string of the molecule is CN1CCC(Cn2c(N)nc3cc(Br)c(F)cc32)CC1. The van der Waals surface area contributed by atoms with Crippen molar-refractivity contribution in [3.8, 4) is 0 Å². The predicted molar refractivity (Wildman–Crippen MR) is 82.0 cm³/mol. The van der Waals surface area contributed by atoms with Crippen LogP contribution in [0.4, 0.5) is 10.3 Å². The first-order chi connectivity index (χ1) is 9.54. The molecule has 0 unspecified atom stereocenters. The third-order valence-corrected chi connectivity index (χ3v) is 4.71. The van der Waals surface area contributed by atoms with Gasteiger partial charge < -0.3 is 15.2 Å². The molecule has 1 aliphatic heterocycles. The summed E-state index contributed by atoms with van der Waals surface area (Å²) in [5, 5.41) is 0. The van der Waals surface area contributed by atoms with Gasteiger partial charge in [-0.15, -0.1) is 0 Å². The molecule has 1 aromatic carbocycles. The number of imidazole rings is 1. The highest BCUT2D eigenvalue weighted by atomic mass is 79.9. The molecular formula is C14H18BrFN4. The van der Waals surface area contributed by atoms with Crippen molar-refractivity contribution in [1.82, 2.24) is 14.5 Å². The van der Waals surface area contributed by atoms with Crippen molar-refractivity contribution in [2.75, 3.05) is 25.9 Å². The van der Waals surface area contributed by atoms with Crippen LogP contribution in [0.25, 0.3) is 11.0 Å². The topological polar surface area (TPSA) is 47.1 Å². The van der Waals surface area contributed by atoms with Crippen molar-refractivity contribution in [3.63, 3.8) is 0 Å². The van der Waals surface area contributed by atoms with Crippen LogP contribution >= 0.6 is 15.9 Å². The van der Waals surface area contributed by atoms with Crippen LogP contribution < -0.4 is 5.73 Å². The number of hydrogen-bond donors (Lipinski definition) is 1. The zero-order chi connectivity index (χ0) is 14.3. The third kappa shape index (κ3) is 2.54. The summed E-state index contributed by atoms with van der Waals surface area (Å²) in [7, 11) is 2.14. The molecule has 1 aromatic heterocycles. The zero-order valence-electron chi connectivity index (χ0n) is 11.4. The Morgan fingerprint density at radius 2 is 2.10 bits per heavy atom. The van der Waals surface area contributed by atoms with Gasteiger partial charge in [0, 0.05) is 12.6 Å². The van der Waals surface area contributed by atoms with E-state index in [0.29, 0.717) is 16.3 Å². The molecule has 2 heterocycles. The summed E-state index contributed by atoms with van der Waals surface area (Å²) in [4.78, 5) is 6.67. The number of aromatic nitrogens is 2. The number of piperidine rings is 1. The number of fused-ring (bicyclic) bond motifs is 1. The number of nitrogen functional groups attached to an aromatic ring is 1. The van der Waals surface area contributed by atoms with Gasteiger partial charge >= 0.3 is 0 Å². The minimum Gasteiger partial charge on any atom is -0.369 e. The standard InChI is InChI=1S/C14H18BrFN4/c1-19-4-2-9(3-5-19)8-20-13-7-11(16)10(15)6-12(13)18-14(20)17/h6-7,9H,2-5,8H2,1H3,(H2,17,18). The van der Waals surface area contributed by atoms with E-state index < -0.39 is 0 Å². The lowest BCUT2D eigenvalue weighted by molar-refractivity contribution is 0.206. The van der Waals surface area contributed by atoms with E-state index >= 15 is 0 Å². The number of anilines is 1. The van der Waals surface area contributed by atoms with Crippen LogP contribution in [0.5, 0.6) is 0 Å². The second-order valence-electron chi connectivity index (χ2n) is 5.58. The number of benzene rings is 1. The number of hydrogen-bond acceptors (Lipinski definition) is 3. The molecule has 2 N–H and O–H groups in total. The van der Waals surface area contributed by atoms with Crippen molar-refractivity contribution in [1.29, 1.82) is 0 Å². The lowest BCUT2D eigenvalue weighted by Crippen LogP contribution is -2.32. The van der Waals surface area contributed by atoms with Crippen molar-refractivity contribution in [2.24, 2.45) is 5.92 Å². The molecule has 108 valence electrons. The molecule has 0 saturated carbocycles. The van der Waals surface area contributed by atoms with Crippen LogP contribution in [0, 0.1) is 11.7 Å². The lowest BCUT2D eigenvalue weighted by atomic mass is 9.97. The summed E-state index contributed by atoms with van der Waals surface area (Å²) < 4.78 is 16.1. The van der Waals surface area contributed by atoms with Gasteiger partial charge in [0.25, 0.3) is 0 Å². The van der Waals surface area contributed by atoms with Crippen LogP contribution in [0.15, 0.2) is 16.6 Å². The van der Waals surface area contributed by atoms with Gasteiger partial charge in [-0.05, 0) is 60.9 Å². The van der Waals surface area contributed by atoms with Gasteiger partial charge in [-0.25, -0.2) is 9.37 Å². The highest BCUT2D eigenvalue weighted by molar-refractivity contribution is 9.10. The Morgan fingerprint density at radius 1 is 1.40 bits per heavy atom. The van der Waals surface area contributed by atoms with Gasteiger partial charge in [0.05, 0.1) is 15.5 Å². The van der Waals surface area contributed by atoms with Gasteiger partial charge in [0.2, 0.25) is 5.95 Å². The van der Waals surface area contributed by atoms with Gasteiger partial charge in [-0.1, -0.05) is 0 Å². The zero-order valence-corrected chi connectivity index (χ0v) is 13.0. The molecule has 3 rings (SSSR count). The maximum atomic E-state index is 13.7. The molecule has 1 aliphatic rings. The fraction of sp³-hybridized carbons (Fsp3) is 0.500. The fourth-order valence-electron chi connectivity index (χ4n) is 2.83. The lowest BCUT2D eigenvalue weighted by Gasteiger charge is -2.29. The molecule has 0 spiro atoms. The average molecular weight is 341 g/mol. The Hall–Kier alpha value is -1.14. The molecule has 20 heavy (non-hydrogen) atoms. The van der Waals surface area contributed by atoms with Crippen molar-refractivity contribution in [2.45, 2.75) is 19.4 Å². The summed E-state index contributed by atoms with van der Waals surface area (Å²) in [5.41, 5.74) is 7.52. The first-order valence-corrected chi connectivity index (χ1v) is 7.63. The maximum Gasteiger partial charge on any atom is 0.201 e. The smallest absolute Gasteiger partial charge is 0.201 e. The van der Waals surface area contributed by atoms with E-state index in [1.807, 2.05) is 4.57 Å². The number of likely N-dealkylation sites (tertiary alicyclic amines) is 1. The molecule has 6 heteroatoms. The molecule has 0 atom stereocenters. The van der Waals surface area contributed by atoms with Crippen molar-refractivity contribution in [3.05, 3.63) is 22.4 Å². The van der Waals surface area contributed by atoms with E-state index in [2.05, 4.69) is 32.9 Å². The normalized spacial score (nSPS) is 17.9. The molecule has 0 aliphatic carbocycles. The summed E-state index contributed by atoms with van der Waals surface area (Å²) in [5.74, 6) is 0.774. The molecule has 1 saturated heterocycles. The number of rotatable bonds is 2. The monoisotopic (exact) mass is 340 g/mol. The van der Waals surface area contributed by atoms with Gasteiger partial charge in [-0.2, -0.15) is 0 Å². The second kappa shape index (κ2) is 5.33. The minimum absolute atomic E-state index is 0.276. The quantitative estimate of drug-likeness (QED) is 0.914. The van der Waals surface area contributed by atoms with E-state index in [1.54, 1.807) is 6.07 Å². The summed E-state index contributed by atoms with van der Waals surface area (Å²) >= 11 is 3.18.